The van der Waals surface area contributed by atoms with Crippen LogP contribution in [0, 0.1) is 0 Å². The van der Waals surface area contributed by atoms with Crippen LogP contribution >= 0.6 is 0 Å². The number of rotatable bonds is 5. The molecule has 1 rings (SSSR count). The zero-order valence-corrected chi connectivity index (χ0v) is 10.5. The van der Waals surface area contributed by atoms with Crippen molar-refractivity contribution in [1.29, 1.82) is 0 Å². The van der Waals surface area contributed by atoms with Crippen LogP contribution < -0.4 is 5.32 Å². The molecule has 0 saturated carbocycles. The smallest absolute Gasteiger partial charge is 0.111 e. The molecule has 86 valence electrons. The van der Waals surface area contributed by atoms with Gasteiger partial charge in [-0.15, -0.1) is 0 Å². The predicted molar refractivity (Wildman–Crippen MR) is 64.2 cm³/mol. The summed E-state index contributed by atoms with van der Waals surface area (Å²) in [7, 11) is 0. The fourth-order valence-electron chi connectivity index (χ4n) is 1.85. The number of aromatic nitrogens is 2. The van der Waals surface area contributed by atoms with Crippen LogP contribution in [0.2, 0.25) is 0 Å². The maximum absolute atomic E-state index is 4.41. The van der Waals surface area contributed by atoms with Gasteiger partial charge >= 0.3 is 0 Å². The van der Waals surface area contributed by atoms with Crippen LogP contribution in [0.4, 0.5) is 0 Å². The number of nitrogens with one attached hydrogen (secondary N) is 1. The number of nitrogens with zero attached hydrogens (tertiary/aromatic N) is 2. The summed E-state index contributed by atoms with van der Waals surface area (Å²) in [6.07, 6.45) is 3.97. The minimum atomic E-state index is 0.449. The molecule has 1 N–H and O–H groups in total. The van der Waals surface area contributed by atoms with E-state index >= 15 is 0 Å². The van der Waals surface area contributed by atoms with Crippen molar-refractivity contribution in [3.8, 4) is 0 Å². The Balaban J connectivity index is 2.81. The molecule has 0 bridgehead atoms. The first-order valence-corrected chi connectivity index (χ1v) is 5.84. The monoisotopic (exact) mass is 209 g/mol. The molecule has 2 atom stereocenters. The lowest BCUT2D eigenvalue weighted by Crippen LogP contribution is -2.34. The molecule has 2 unspecified atom stereocenters. The lowest BCUT2D eigenvalue weighted by molar-refractivity contribution is 0.386. The molecule has 1 heterocycles. The number of likely N-dealkylation sites (N-methyl/N-ethyl adjacent to an activating group) is 1. The fourth-order valence-corrected chi connectivity index (χ4v) is 1.85. The zero-order valence-electron chi connectivity index (χ0n) is 10.5. The second-order valence-corrected chi connectivity index (χ2v) is 4.43. The fraction of sp³-hybridized carbons (Fsp3) is 0.750. The highest BCUT2D eigenvalue weighted by Crippen LogP contribution is 2.19. The van der Waals surface area contributed by atoms with E-state index in [0.29, 0.717) is 18.0 Å². The van der Waals surface area contributed by atoms with Gasteiger partial charge in [-0.3, -0.25) is 0 Å². The van der Waals surface area contributed by atoms with Crippen molar-refractivity contribution >= 4 is 0 Å². The molecule has 0 aliphatic rings. The van der Waals surface area contributed by atoms with Gasteiger partial charge in [0.2, 0.25) is 0 Å². The van der Waals surface area contributed by atoms with Crippen LogP contribution in [0.3, 0.4) is 0 Å². The van der Waals surface area contributed by atoms with Gasteiger partial charge in [0.25, 0.3) is 0 Å². The Kier molecular flexibility index (Phi) is 4.33. The highest BCUT2D eigenvalue weighted by atomic mass is 15.1. The third-order valence-electron chi connectivity index (χ3n) is 2.90. The van der Waals surface area contributed by atoms with E-state index in [-0.39, 0.29) is 0 Å². The second kappa shape index (κ2) is 5.31. The maximum Gasteiger partial charge on any atom is 0.111 e. The summed E-state index contributed by atoms with van der Waals surface area (Å²) in [5.74, 6) is 1.66. The van der Waals surface area contributed by atoms with Gasteiger partial charge in [-0.1, -0.05) is 20.8 Å². The molecule has 0 amide bonds. The Bertz CT molecular complexity index is 291. The summed E-state index contributed by atoms with van der Waals surface area (Å²) in [4.78, 5) is 4.41. The maximum atomic E-state index is 4.41. The Labute approximate surface area is 92.9 Å². The summed E-state index contributed by atoms with van der Waals surface area (Å²) in [6, 6.07) is 0.923. The standard InChI is InChI=1S/C12H23N3/c1-6-13-10(4)11(5)15-8-7-14-12(15)9(2)3/h7-11,13H,6H2,1-5H3. The molecular formula is C12H23N3. The van der Waals surface area contributed by atoms with E-state index in [1.807, 2.05) is 6.20 Å². The molecule has 0 saturated heterocycles. The molecule has 0 radical (unpaired) electrons. The Hall–Kier alpha value is -0.830. The minimum absolute atomic E-state index is 0.449. The van der Waals surface area contributed by atoms with Crippen molar-refractivity contribution in [3.63, 3.8) is 0 Å². The van der Waals surface area contributed by atoms with Gasteiger partial charge in [0.05, 0.1) is 0 Å². The van der Waals surface area contributed by atoms with Gasteiger partial charge < -0.3 is 9.88 Å². The minimum Gasteiger partial charge on any atom is -0.330 e. The molecule has 0 aromatic carbocycles. The van der Waals surface area contributed by atoms with Gasteiger partial charge in [-0.05, 0) is 20.4 Å². The van der Waals surface area contributed by atoms with Crippen molar-refractivity contribution in [2.75, 3.05) is 6.54 Å². The third-order valence-corrected chi connectivity index (χ3v) is 2.90. The zero-order chi connectivity index (χ0) is 11.4. The van der Waals surface area contributed by atoms with Gasteiger partial charge in [-0.25, -0.2) is 4.98 Å². The number of hydrogen-bond acceptors (Lipinski definition) is 2. The van der Waals surface area contributed by atoms with Crippen LogP contribution in [0.1, 0.15) is 52.4 Å². The quantitative estimate of drug-likeness (QED) is 0.807. The molecule has 0 spiro atoms. The molecule has 3 heteroatoms. The first-order valence-electron chi connectivity index (χ1n) is 5.84. The summed E-state index contributed by atoms with van der Waals surface area (Å²) in [5.41, 5.74) is 0. The molecule has 1 aromatic heterocycles. The SMILES string of the molecule is CCNC(C)C(C)n1ccnc1C(C)C. The van der Waals surface area contributed by atoms with Crippen molar-refractivity contribution < 1.29 is 0 Å². The molecule has 15 heavy (non-hydrogen) atoms. The average molecular weight is 209 g/mol. The molecule has 0 fully saturated rings. The van der Waals surface area contributed by atoms with E-state index in [0.717, 1.165) is 6.54 Å². The normalized spacial score (nSPS) is 15.6. The Morgan fingerprint density at radius 1 is 1.33 bits per heavy atom. The lowest BCUT2D eigenvalue weighted by atomic mass is 10.1. The highest BCUT2D eigenvalue weighted by molar-refractivity contribution is 5.00. The van der Waals surface area contributed by atoms with Gasteiger partial charge in [0.15, 0.2) is 0 Å². The van der Waals surface area contributed by atoms with Crippen LogP contribution in [0.5, 0.6) is 0 Å². The lowest BCUT2D eigenvalue weighted by Gasteiger charge is -2.24. The Morgan fingerprint density at radius 2 is 2.00 bits per heavy atom. The molecule has 3 nitrogen and oxygen atoms in total. The number of hydrogen-bond donors (Lipinski definition) is 1. The summed E-state index contributed by atoms with van der Waals surface area (Å²) < 4.78 is 2.28. The first kappa shape index (κ1) is 12.2. The summed E-state index contributed by atoms with van der Waals surface area (Å²) >= 11 is 0. The third kappa shape index (κ3) is 2.81. The van der Waals surface area contributed by atoms with Crippen LogP contribution in [-0.4, -0.2) is 22.1 Å². The molecule has 0 aliphatic carbocycles. The number of imidazole rings is 1. The van der Waals surface area contributed by atoms with Crippen molar-refractivity contribution in [1.82, 2.24) is 14.9 Å². The first-order chi connectivity index (χ1) is 7.07. The van der Waals surface area contributed by atoms with E-state index in [1.165, 1.54) is 5.82 Å². The van der Waals surface area contributed by atoms with E-state index in [9.17, 15) is 0 Å². The van der Waals surface area contributed by atoms with Crippen LogP contribution in [0.15, 0.2) is 12.4 Å². The molecular weight excluding hydrogens is 186 g/mol. The Morgan fingerprint density at radius 3 is 2.53 bits per heavy atom. The van der Waals surface area contributed by atoms with Crippen molar-refractivity contribution in [3.05, 3.63) is 18.2 Å². The van der Waals surface area contributed by atoms with Crippen LogP contribution in [0.25, 0.3) is 0 Å². The molecule has 1 aromatic rings. The van der Waals surface area contributed by atoms with E-state index in [1.54, 1.807) is 0 Å². The van der Waals surface area contributed by atoms with Gasteiger partial charge in [-0.2, -0.15) is 0 Å². The van der Waals surface area contributed by atoms with Gasteiger partial charge in [0, 0.05) is 30.4 Å². The summed E-state index contributed by atoms with van der Waals surface area (Å²) in [5, 5.41) is 3.45. The van der Waals surface area contributed by atoms with Crippen molar-refractivity contribution in [2.45, 2.75) is 52.6 Å². The highest BCUT2D eigenvalue weighted by Gasteiger charge is 2.17. The van der Waals surface area contributed by atoms with E-state index < -0.39 is 0 Å². The average Bonchev–Trinajstić information content (AvgIpc) is 2.65. The van der Waals surface area contributed by atoms with Crippen LogP contribution in [-0.2, 0) is 0 Å². The topological polar surface area (TPSA) is 29.9 Å². The predicted octanol–water partition coefficient (Wildman–Crippen LogP) is 2.57. The largest absolute Gasteiger partial charge is 0.330 e. The van der Waals surface area contributed by atoms with E-state index in [2.05, 4.69) is 55.7 Å². The van der Waals surface area contributed by atoms with Crippen molar-refractivity contribution in [2.24, 2.45) is 0 Å². The summed E-state index contributed by atoms with van der Waals surface area (Å²) in [6.45, 7) is 12.0. The second-order valence-electron chi connectivity index (χ2n) is 4.43. The van der Waals surface area contributed by atoms with Gasteiger partial charge in [0.1, 0.15) is 5.82 Å². The van der Waals surface area contributed by atoms with E-state index in [4.69, 9.17) is 0 Å². The molecule has 0 aliphatic heterocycles.